The lowest BCUT2D eigenvalue weighted by Crippen LogP contribution is -2.00. The lowest BCUT2D eigenvalue weighted by Gasteiger charge is -2.11. The maximum atomic E-state index is 6.68. The summed E-state index contributed by atoms with van der Waals surface area (Å²) in [6, 6.07) is 78.3. The Hall–Kier alpha value is -8.21. The molecule has 11 rings (SSSR count). The second-order valence-corrected chi connectivity index (χ2v) is 15.2. The Kier molecular flexibility index (Phi) is 9.14. The monoisotopic (exact) mass is 779 g/mol. The number of nitrogens with zero attached hydrogens (tertiary/aromatic N) is 3. The maximum Gasteiger partial charge on any atom is 0.164 e. The van der Waals surface area contributed by atoms with E-state index in [1.165, 1.54) is 22.3 Å². The Morgan fingerprint density at radius 1 is 0.213 bits per heavy atom. The molecule has 2 heterocycles. The molecular weight excluding hydrogens is 743 g/mol. The first-order chi connectivity index (χ1) is 30.2. The van der Waals surface area contributed by atoms with Gasteiger partial charge in [-0.3, -0.25) is 0 Å². The Balaban J connectivity index is 0.991. The smallest absolute Gasteiger partial charge is 0.164 e. The van der Waals surface area contributed by atoms with Gasteiger partial charge in [0.25, 0.3) is 0 Å². The molecule has 0 bridgehead atoms. The summed E-state index contributed by atoms with van der Waals surface area (Å²) in [5.41, 5.74) is 15.8. The van der Waals surface area contributed by atoms with Crippen molar-refractivity contribution >= 4 is 21.9 Å². The fraction of sp³-hybridized carbons (Fsp3) is 0. The lowest BCUT2D eigenvalue weighted by atomic mass is 9.93. The zero-order chi connectivity index (χ0) is 40.5. The minimum absolute atomic E-state index is 0.577. The van der Waals surface area contributed by atoms with Crippen molar-refractivity contribution in [3.8, 4) is 89.8 Å². The molecule has 9 aromatic carbocycles. The number of aromatic nitrogens is 3. The third kappa shape index (κ3) is 7.17. The largest absolute Gasteiger partial charge is 0.456 e. The average molecular weight is 780 g/mol. The van der Waals surface area contributed by atoms with Gasteiger partial charge in [0, 0.05) is 27.5 Å². The number of benzene rings is 9. The number of fused-ring (bicyclic) bond motifs is 3. The molecule has 0 saturated heterocycles. The topological polar surface area (TPSA) is 51.8 Å². The Morgan fingerprint density at radius 3 is 0.902 bits per heavy atom. The third-order valence-corrected chi connectivity index (χ3v) is 11.3. The van der Waals surface area contributed by atoms with Gasteiger partial charge in [-0.15, -0.1) is 0 Å². The number of furan rings is 1. The lowest BCUT2D eigenvalue weighted by molar-refractivity contribution is 0.669. The molecule has 61 heavy (non-hydrogen) atoms. The molecule has 4 nitrogen and oxygen atoms in total. The van der Waals surface area contributed by atoms with Crippen LogP contribution in [0, 0.1) is 0 Å². The van der Waals surface area contributed by atoms with Gasteiger partial charge in [0.05, 0.1) is 0 Å². The summed E-state index contributed by atoms with van der Waals surface area (Å²) >= 11 is 0. The molecule has 0 unspecified atom stereocenters. The van der Waals surface area contributed by atoms with Gasteiger partial charge < -0.3 is 4.42 Å². The summed E-state index contributed by atoms with van der Waals surface area (Å²) in [7, 11) is 0. The minimum atomic E-state index is 0.577. The molecule has 11 aromatic rings. The molecule has 0 fully saturated rings. The van der Waals surface area contributed by atoms with Crippen molar-refractivity contribution in [1.82, 2.24) is 15.0 Å². The van der Waals surface area contributed by atoms with Crippen LogP contribution in [-0.4, -0.2) is 15.0 Å². The van der Waals surface area contributed by atoms with Crippen molar-refractivity contribution in [2.24, 2.45) is 0 Å². The highest BCUT2D eigenvalue weighted by atomic mass is 16.3. The summed E-state index contributed by atoms with van der Waals surface area (Å²) in [5, 5.41) is 2.10. The Morgan fingerprint density at radius 2 is 0.492 bits per heavy atom. The quantitative estimate of drug-likeness (QED) is 0.154. The van der Waals surface area contributed by atoms with Crippen LogP contribution in [0.3, 0.4) is 0 Å². The normalized spacial score (nSPS) is 11.3. The van der Waals surface area contributed by atoms with Crippen LogP contribution in [-0.2, 0) is 0 Å². The van der Waals surface area contributed by atoms with Gasteiger partial charge in [0.1, 0.15) is 11.2 Å². The maximum absolute atomic E-state index is 6.68. The van der Waals surface area contributed by atoms with E-state index in [0.717, 1.165) is 72.0 Å². The first-order valence-electron chi connectivity index (χ1n) is 20.5. The van der Waals surface area contributed by atoms with Crippen LogP contribution in [0.1, 0.15) is 0 Å². The fourth-order valence-electron chi connectivity index (χ4n) is 8.13. The van der Waals surface area contributed by atoms with Crippen molar-refractivity contribution in [3.63, 3.8) is 0 Å². The van der Waals surface area contributed by atoms with E-state index in [-0.39, 0.29) is 0 Å². The van der Waals surface area contributed by atoms with Crippen LogP contribution >= 0.6 is 0 Å². The van der Waals surface area contributed by atoms with E-state index >= 15 is 0 Å². The Labute approximate surface area is 354 Å². The van der Waals surface area contributed by atoms with Gasteiger partial charge in [-0.2, -0.15) is 0 Å². The summed E-state index contributed by atoms with van der Waals surface area (Å²) in [6.07, 6.45) is 0. The molecule has 0 saturated carbocycles. The second kappa shape index (κ2) is 15.5. The van der Waals surface area contributed by atoms with Crippen LogP contribution in [0.15, 0.2) is 229 Å². The van der Waals surface area contributed by atoms with Gasteiger partial charge >= 0.3 is 0 Å². The van der Waals surface area contributed by atoms with E-state index in [0.29, 0.717) is 17.5 Å². The molecule has 0 atom stereocenters. The van der Waals surface area contributed by atoms with E-state index in [2.05, 4.69) is 212 Å². The van der Waals surface area contributed by atoms with Crippen molar-refractivity contribution in [2.45, 2.75) is 0 Å². The standard InChI is InChI=1S/C57H37N3O/c1-5-13-38(14-6-1)42-21-25-44(26-22-42)55-58-56(45-27-23-43(24-28-45)39-15-7-2-8-16-39)60-57(59-55)47-30-32-52-51-31-29-46(36-53(51)61-54(52)37-47)50-34-48(40-17-9-3-10-18-40)33-49(35-50)41-19-11-4-12-20-41/h1-37H. The SMILES string of the molecule is c1ccc(-c2ccc(-c3nc(-c4ccc(-c5ccccc5)cc4)nc(-c4ccc5c(c4)oc4cc(-c6cc(-c7ccccc7)cc(-c7ccccc7)c6)ccc45)n3)cc2)cc1. The van der Waals surface area contributed by atoms with Crippen LogP contribution in [0.2, 0.25) is 0 Å². The van der Waals surface area contributed by atoms with E-state index in [9.17, 15) is 0 Å². The van der Waals surface area contributed by atoms with Crippen LogP contribution in [0.4, 0.5) is 0 Å². The first-order valence-corrected chi connectivity index (χ1v) is 20.5. The zero-order valence-corrected chi connectivity index (χ0v) is 33.1. The number of hydrogen-bond donors (Lipinski definition) is 0. The highest BCUT2D eigenvalue weighted by Crippen LogP contribution is 2.38. The second-order valence-electron chi connectivity index (χ2n) is 15.2. The van der Waals surface area contributed by atoms with Crippen molar-refractivity contribution in [3.05, 3.63) is 224 Å². The molecule has 0 radical (unpaired) electrons. The van der Waals surface area contributed by atoms with Crippen LogP contribution in [0.25, 0.3) is 112 Å². The average Bonchev–Trinajstić information content (AvgIpc) is 3.72. The van der Waals surface area contributed by atoms with Crippen molar-refractivity contribution < 1.29 is 4.42 Å². The molecule has 0 aliphatic carbocycles. The predicted molar refractivity (Wildman–Crippen MR) is 251 cm³/mol. The summed E-state index contributed by atoms with van der Waals surface area (Å²) in [5.74, 6) is 1.79. The highest BCUT2D eigenvalue weighted by Gasteiger charge is 2.16. The minimum Gasteiger partial charge on any atom is -0.456 e. The van der Waals surface area contributed by atoms with E-state index < -0.39 is 0 Å². The summed E-state index contributed by atoms with van der Waals surface area (Å²) in [4.78, 5) is 15.2. The summed E-state index contributed by atoms with van der Waals surface area (Å²) in [6.45, 7) is 0. The molecule has 4 heteroatoms. The molecule has 0 aliphatic heterocycles. The third-order valence-electron chi connectivity index (χ3n) is 11.3. The van der Waals surface area contributed by atoms with Gasteiger partial charge in [-0.25, -0.2) is 15.0 Å². The molecule has 286 valence electrons. The summed E-state index contributed by atoms with van der Waals surface area (Å²) < 4.78 is 6.68. The van der Waals surface area contributed by atoms with Gasteiger partial charge in [0.15, 0.2) is 17.5 Å². The molecule has 2 aromatic heterocycles. The molecule has 0 aliphatic rings. The van der Waals surface area contributed by atoms with Crippen molar-refractivity contribution in [1.29, 1.82) is 0 Å². The van der Waals surface area contributed by atoms with E-state index in [1.54, 1.807) is 0 Å². The molecule has 0 spiro atoms. The van der Waals surface area contributed by atoms with Crippen LogP contribution < -0.4 is 0 Å². The first kappa shape index (κ1) is 35.9. The highest BCUT2D eigenvalue weighted by molar-refractivity contribution is 6.07. The van der Waals surface area contributed by atoms with E-state index in [1.807, 2.05) is 12.1 Å². The number of rotatable bonds is 8. The fourth-order valence-corrected chi connectivity index (χ4v) is 8.13. The molecule has 0 amide bonds. The van der Waals surface area contributed by atoms with Crippen molar-refractivity contribution in [2.75, 3.05) is 0 Å². The zero-order valence-electron chi connectivity index (χ0n) is 33.1. The Bertz CT molecular complexity index is 3150. The van der Waals surface area contributed by atoms with Crippen LogP contribution in [0.5, 0.6) is 0 Å². The number of hydrogen-bond acceptors (Lipinski definition) is 4. The molecular formula is C57H37N3O. The van der Waals surface area contributed by atoms with Gasteiger partial charge in [-0.1, -0.05) is 182 Å². The van der Waals surface area contributed by atoms with E-state index in [4.69, 9.17) is 19.4 Å². The van der Waals surface area contributed by atoms with Gasteiger partial charge in [0.2, 0.25) is 0 Å². The van der Waals surface area contributed by atoms with Gasteiger partial charge in [-0.05, 0) is 98.1 Å². The predicted octanol–water partition coefficient (Wildman–Crippen LogP) is 15.1. The molecule has 0 N–H and O–H groups in total.